The van der Waals surface area contributed by atoms with E-state index in [1.165, 1.54) is 25.6 Å². The molecule has 1 saturated heterocycles. The Labute approximate surface area is 145 Å². The summed E-state index contributed by atoms with van der Waals surface area (Å²) in [7, 11) is 1.44. The summed E-state index contributed by atoms with van der Waals surface area (Å²) in [6.45, 7) is 2.24. The van der Waals surface area contributed by atoms with Crippen LogP contribution in [-0.2, 0) is 9.53 Å². The quantitative estimate of drug-likeness (QED) is 0.745. The van der Waals surface area contributed by atoms with E-state index in [2.05, 4.69) is 33.0 Å². The first-order chi connectivity index (χ1) is 11.2. The maximum absolute atomic E-state index is 12.3. The van der Waals surface area contributed by atoms with Crippen LogP contribution in [0, 0.1) is 0 Å². The molecular weight excluding hydrogens is 354 g/mol. The van der Waals surface area contributed by atoms with Crippen molar-refractivity contribution < 1.29 is 9.53 Å². The zero-order chi connectivity index (χ0) is 16.2. The van der Waals surface area contributed by atoms with Gasteiger partial charge in [0.2, 0.25) is 0 Å². The van der Waals surface area contributed by atoms with Gasteiger partial charge < -0.3 is 9.64 Å². The molecule has 0 aliphatic carbocycles. The number of hydrogen-bond acceptors (Lipinski definition) is 3. The lowest BCUT2D eigenvalue weighted by atomic mass is 9.91. The second kappa shape index (κ2) is 7.18. The number of esters is 1. The SMILES string of the molecule is COC(=O)C(c1ccc(Br)cc1)c1ccc(N2CCCC2)cc1. The minimum atomic E-state index is -0.388. The van der Waals surface area contributed by atoms with Crippen LogP contribution in [-0.4, -0.2) is 26.2 Å². The van der Waals surface area contributed by atoms with Crippen LogP contribution in [0.4, 0.5) is 5.69 Å². The molecule has 0 bridgehead atoms. The number of ether oxygens (including phenoxy) is 1. The predicted molar refractivity (Wildman–Crippen MR) is 95.9 cm³/mol. The van der Waals surface area contributed by atoms with Crippen molar-refractivity contribution in [3.63, 3.8) is 0 Å². The van der Waals surface area contributed by atoms with E-state index >= 15 is 0 Å². The van der Waals surface area contributed by atoms with E-state index in [0.717, 1.165) is 28.7 Å². The third-order valence-electron chi connectivity index (χ3n) is 4.34. The number of halogens is 1. The second-order valence-corrected chi connectivity index (χ2v) is 6.71. The van der Waals surface area contributed by atoms with Crippen LogP contribution >= 0.6 is 15.9 Å². The number of anilines is 1. The van der Waals surface area contributed by atoms with Crippen molar-refractivity contribution in [3.05, 3.63) is 64.1 Å². The zero-order valence-electron chi connectivity index (χ0n) is 13.2. The molecular formula is C19H20BrNO2. The number of rotatable bonds is 4. The molecule has 3 rings (SSSR count). The van der Waals surface area contributed by atoms with Gasteiger partial charge in [0, 0.05) is 23.2 Å². The molecule has 2 aromatic carbocycles. The highest BCUT2D eigenvalue weighted by Crippen LogP contribution is 2.29. The van der Waals surface area contributed by atoms with Gasteiger partial charge in [0.25, 0.3) is 0 Å². The van der Waals surface area contributed by atoms with Crippen molar-refractivity contribution in [1.29, 1.82) is 0 Å². The molecule has 1 unspecified atom stereocenters. The molecule has 0 amide bonds. The van der Waals surface area contributed by atoms with Crippen molar-refractivity contribution in [3.8, 4) is 0 Å². The van der Waals surface area contributed by atoms with Crippen LogP contribution in [0.5, 0.6) is 0 Å². The van der Waals surface area contributed by atoms with E-state index in [9.17, 15) is 4.79 Å². The van der Waals surface area contributed by atoms with Gasteiger partial charge in [0.1, 0.15) is 5.92 Å². The zero-order valence-corrected chi connectivity index (χ0v) is 14.8. The Balaban J connectivity index is 1.90. The van der Waals surface area contributed by atoms with Crippen LogP contribution in [0.3, 0.4) is 0 Å². The topological polar surface area (TPSA) is 29.5 Å². The highest BCUT2D eigenvalue weighted by molar-refractivity contribution is 9.10. The fourth-order valence-electron chi connectivity index (χ4n) is 3.09. The maximum atomic E-state index is 12.3. The number of nitrogens with zero attached hydrogens (tertiary/aromatic N) is 1. The molecule has 1 fully saturated rings. The molecule has 0 radical (unpaired) electrons. The minimum Gasteiger partial charge on any atom is -0.468 e. The summed E-state index contributed by atoms with van der Waals surface area (Å²) in [5.74, 6) is -0.623. The molecule has 1 aliphatic heterocycles. The van der Waals surface area contributed by atoms with Crippen molar-refractivity contribution >= 4 is 27.6 Å². The maximum Gasteiger partial charge on any atom is 0.317 e. The molecule has 1 heterocycles. The largest absolute Gasteiger partial charge is 0.468 e. The van der Waals surface area contributed by atoms with E-state index in [1.54, 1.807) is 0 Å². The summed E-state index contributed by atoms with van der Waals surface area (Å²) < 4.78 is 6.02. The van der Waals surface area contributed by atoms with Gasteiger partial charge in [0.05, 0.1) is 7.11 Å². The second-order valence-electron chi connectivity index (χ2n) is 5.79. The molecule has 0 aromatic heterocycles. The molecule has 4 heteroatoms. The van der Waals surface area contributed by atoms with Gasteiger partial charge in [-0.2, -0.15) is 0 Å². The fourth-order valence-corrected chi connectivity index (χ4v) is 3.35. The Kier molecular flexibility index (Phi) is 5.01. The number of carbonyl (C=O) groups excluding carboxylic acids is 1. The Bertz CT molecular complexity index is 661. The minimum absolute atomic E-state index is 0.235. The average molecular weight is 374 g/mol. The van der Waals surface area contributed by atoms with Gasteiger partial charge >= 0.3 is 5.97 Å². The van der Waals surface area contributed by atoms with Crippen LogP contribution < -0.4 is 4.90 Å². The first-order valence-electron chi connectivity index (χ1n) is 7.87. The molecule has 0 saturated carbocycles. The van der Waals surface area contributed by atoms with Gasteiger partial charge in [-0.3, -0.25) is 4.79 Å². The Morgan fingerprint density at radius 1 is 1.00 bits per heavy atom. The smallest absolute Gasteiger partial charge is 0.317 e. The first-order valence-corrected chi connectivity index (χ1v) is 8.66. The number of benzene rings is 2. The lowest BCUT2D eigenvalue weighted by Gasteiger charge is -2.20. The van der Waals surface area contributed by atoms with Gasteiger partial charge in [0.15, 0.2) is 0 Å². The van der Waals surface area contributed by atoms with Crippen LogP contribution in [0.1, 0.15) is 29.9 Å². The molecule has 120 valence electrons. The monoisotopic (exact) mass is 373 g/mol. The fraction of sp³-hybridized carbons (Fsp3) is 0.316. The Morgan fingerprint density at radius 2 is 1.52 bits per heavy atom. The lowest BCUT2D eigenvalue weighted by Crippen LogP contribution is -2.18. The predicted octanol–water partition coefficient (Wildman–Crippen LogP) is 4.35. The summed E-state index contributed by atoms with van der Waals surface area (Å²) in [5, 5.41) is 0. The standard InChI is InChI=1S/C19H20BrNO2/c1-23-19(22)18(14-4-8-16(20)9-5-14)15-6-10-17(11-7-15)21-12-2-3-13-21/h4-11,18H,2-3,12-13H2,1H3. The summed E-state index contributed by atoms with van der Waals surface area (Å²) in [6.07, 6.45) is 2.51. The molecule has 2 aromatic rings. The van der Waals surface area contributed by atoms with Crippen molar-refractivity contribution in [2.24, 2.45) is 0 Å². The van der Waals surface area contributed by atoms with Crippen LogP contribution in [0.25, 0.3) is 0 Å². The van der Waals surface area contributed by atoms with Gasteiger partial charge in [-0.05, 0) is 48.2 Å². The van der Waals surface area contributed by atoms with E-state index < -0.39 is 0 Å². The number of hydrogen-bond donors (Lipinski definition) is 0. The highest BCUT2D eigenvalue weighted by Gasteiger charge is 2.24. The summed E-state index contributed by atoms with van der Waals surface area (Å²) in [5.41, 5.74) is 3.13. The Morgan fingerprint density at radius 3 is 2.04 bits per heavy atom. The van der Waals surface area contributed by atoms with Crippen LogP contribution in [0.15, 0.2) is 53.0 Å². The molecule has 1 aliphatic rings. The Hall–Kier alpha value is -1.81. The molecule has 23 heavy (non-hydrogen) atoms. The number of methoxy groups -OCH3 is 1. The van der Waals surface area contributed by atoms with E-state index in [-0.39, 0.29) is 11.9 Å². The third-order valence-corrected chi connectivity index (χ3v) is 4.87. The summed E-state index contributed by atoms with van der Waals surface area (Å²) in [6, 6.07) is 16.1. The van der Waals surface area contributed by atoms with Crippen LogP contribution in [0.2, 0.25) is 0 Å². The van der Waals surface area contributed by atoms with Gasteiger partial charge in [-0.25, -0.2) is 0 Å². The van der Waals surface area contributed by atoms with E-state index in [0.29, 0.717) is 0 Å². The van der Waals surface area contributed by atoms with Crippen molar-refractivity contribution in [1.82, 2.24) is 0 Å². The van der Waals surface area contributed by atoms with E-state index in [1.807, 2.05) is 36.4 Å². The molecule has 1 atom stereocenters. The molecule has 3 nitrogen and oxygen atoms in total. The average Bonchev–Trinajstić information content (AvgIpc) is 3.12. The summed E-state index contributed by atoms with van der Waals surface area (Å²) in [4.78, 5) is 14.7. The first kappa shape index (κ1) is 16.1. The van der Waals surface area contributed by atoms with Gasteiger partial charge in [-0.1, -0.05) is 40.2 Å². The van der Waals surface area contributed by atoms with Crippen molar-refractivity contribution in [2.45, 2.75) is 18.8 Å². The normalized spacial score (nSPS) is 15.5. The highest BCUT2D eigenvalue weighted by atomic mass is 79.9. The summed E-state index contributed by atoms with van der Waals surface area (Å²) >= 11 is 3.43. The number of carbonyl (C=O) groups is 1. The molecule has 0 N–H and O–H groups in total. The third kappa shape index (κ3) is 3.58. The van der Waals surface area contributed by atoms with Crippen molar-refractivity contribution in [2.75, 3.05) is 25.1 Å². The van der Waals surface area contributed by atoms with Gasteiger partial charge in [-0.15, -0.1) is 0 Å². The van der Waals surface area contributed by atoms with E-state index in [4.69, 9.17) is 4.74 Å². The lowest BCUT2D eigenvalue weighted by molar-refractivity contribution is -0.141. The molecule has 0 spiro atoms.